The molecule has 0 aliphatic rings. The molecule has 0 bridgehead atoms. The molecule has 2 aromatic rings. The van der Waals surface area contributed by atoms with E-state index in [-0.39, 0.29) is 11.1 Å². The summed E-state index contributed by atoms with van der Waals surface area (Å²) in [5.41, 5.74) is 1.08. The Kier molecular flexibility index (Phi) is 4.03. The summed E-state index contributed by atoms with van der Waals surface area (Å²) in [5, 5.41) is 19.6. The number of fused-ring (bicyclic) bond motifs is 1. The maximum Gasteiger partial charge on any atom is 0.336 e. The number of rotatable bonds is 5. The van der Waals surface area contributed by atoms with Gasteiger partial charge in [-0.1, -0.05) is 31.5 Å². The highest BCUT2D eigenvalue weighted by molar-refractivity contribution is 6.13. The summed E-state index contributed by atoms with van der Waals surface area (Å²) in [6, 6.07) is 8.18. The zero-order chi connectivity index (χ0) is 14.7. The van der Waals surface area contributed by atoms with Crippen LogP contribution in [0.5, 0.6) is 0 Å². The van der Waals surface area contributed by atoms with Crippen LogP contribution in [0.2, 0.25) is 0 Å². The predicted octanol–water partition coefficient (Wildman–Crippen LogP) is 3.58. The van der Waals surface area contributed by atoms with E-state index in [2.05, 4.69) is 6.92 Å². The summed E-state index contributed by atoms with van der Waals surface area (Å²) in [4.78, 5) is 22.6. The van der Waals surface area contributed by atoms with E-state index in [1.54, 1.807) is 18.2 Å². The molecule has 0 saturated carbocycles. The fraction of sp³-hybridized carbons (Fsp3) is 0.250. The molecule has 0 aliphatic carbocycles. The topological polar surface area (TPSA) is 74.6 Å². The van der Waals surface area contributed by atoms with Gasteiger partial charge >= 0.3 is 11.9 Å². The number of hydrogen-bond donors (Lipinski definition) is 2. The Hall–Kier alpha value is -2.36. The summed E-state index contributed by atoms with van der Waals surface area (Å²) >= 11 is 0. The van der Waals surface area contributed by atoms with Crippen molar-refractivity contribution in [2.45, 2.75) is 26.2 Å². The van der Waals surface area contributed by atoms with Gasteiger partial charge < -0.3 is 10.2 Å². The molecule has 0 unspecified atom stereocenters. The lowest BCUT2D eigenvalue weighted by atomic mass is 9.93. The first-order valence-electron chi connectivity index (χ1n) is 6.57. The second-order valence-electron chi connectivity index (χ2n) is 4.71. The van der Waals surface area contributed by atoms with E-state index in [1.165, 1.54) is 12.1 Å². The van der Waals surface area contributed by atoms with Crippen molar-refractivity contribution in [2.75, 3.05) is 0 Å². The van der Waals surface area contributed by atoms with E-state index < -0.39 is 11.9 Å². The number of carbonyl (C=O) groups is 2. The van der Waals surface area contributed by atoms with Gasteiger partial charge in [-0.3, -0.25) is 0 Å². The lowest BCUT2D eigenvalue weighted by Crippen LogP contribution is -2.05. The van der Waals surface area contributed by atoms with E-state index in [1.807, 2.05) is 0 Å². The van der Waals surface area contributed by atoms with E-state index in [0.717, 1.165) is 30.2 Å². The number of benzene rings is 2. The second-order valence-corrected chi connectivity index (χ2v) is 4.71. The van der Waals surface area contributed by atoms with Gasteiger partial charge in [-0.25, -0.2) is 9.59 Å². The Morgan fingerprint density at radius 1 is 1.00 bits per heavy atom. The van der Waals surface area contributed by atoms with Gasteiger partial charge in [0.05, 0.1) is 11.1 Å². The van der Waals surface area contributed by atoms with Gasteiger partial charge in [-0.15, -0.1) is 0 Å². The Labute approximate surface area is 116 Å². The highest BCUT2D eigenvalue weighted by atomic mass is 16.4. The van der Waals surface area contributed by atoms with Crippen molar-refractivity contribution in [3.63, 3.8) is 0 Å². The van der Waals surface area contributed by atoms with Crippen LogP contribution in [0.4, 0.5) is 0 Å². The van der Waals surface area contributed by atoms with Crippen LogP contribution in [0.25, 0.3) is 10.8 Å². The van der Waals surface area contributed by atoms with Crippen molar-refractivity contribution in [3.8, 4) is 0 Å². The zero-order valence-electron chi connectivity index (χ0n) is 11.2. The average molecular weight is 272 g/mol. The third-order valence-corrected chi connectivity index (χ3v) is 3.39. The van der Waals surface area contributed by atoms with Crippen LogP contribution in [0.3, 0.4) is 0 Å². The third kappa shape index (κ3) is 2.50. The Bertz CT molecular complexity index is 653. The van der Waals surface area contributed by atoms with Crippen LogP contribution in [0.15, 0.2) is 30.3 Å². The molecule has 0 amide bonds. The fourth-order valence-electron chi connectivity index (χ4n) is 2.41. The molecule has 0 aliphatic heterocycles. The highest BCUT2D eigenvalue weighted by Gasteiger charge is 2.17. The van der Waals surface area contributed by atoms with Crippen LogP contribution < -0.4 is 0 Å². The normalized spacial score (nSPS) is 10.7. The average Bonchev–Trinajstić information content (AvgIpc) is 2.43. The summed E-state index contributed by atoms with van der Waals surface area (Å²) < 4.78 is 0. The van der Waals surface area contributed by atoms with Gasteiger partial charge in [0.25, 0.3) is 0 Å². The number of hydrogen-bond acceptors (Lipinski definition) is 2. The minimum absolute atomic E-state index is 0.0400. The zero-order valence-corrected chi connectivity index (χ0v) is 11.2. The van der Waals surface area contributed by atoms with Gasteiger partial charge in [0.2, 0.25) is 0 Å². The summed E-state index contributed by atoms with van der Waals surface area (Å²) in [6.07, 6.45) is 2.83. The van der Waals surface area contributed by atoms with Crippen LogP contribution in [-0.4, -0.2) is 22.2 Å². The molecule has 0 atom stereocenters. The van der Waals surface area contributed by atoms with E-state index >= 15 is 0 Å². The van der Waals surface area contributed by atoms with Gasteiger partial charge in [0, 0.05) is 5.39 Å². The van der Waals surface area contributed by atoms with Gasteiger partial charge in [0.15, 0.2) is 0 Å². The Balaban J connectivity index is 2.77. The Morgan fingerprint density at radius 3 is 2.25 bits per heavy atom. The third-order valence-electron chi connectivity index (χ3n) is 3.39. The summed E-state index contributed by atoms with van der Waals surface area (Å²) in [6.45, 7) is 2.08. The maximum atomic E-state index is 11.3. The molecule has 2 N–H and O–H groups in total. The van der Waals surface area contributed by atoms with Crippen LogP contribution in [-0.2, 0) is 6.42 Å². The van der Waals surface area contributed by atoms with Crippen molar-refractivity contribution >= 4 is 22.7 Å². The lowest BCUT2D eigenvalue weighted by molar-refractivity contribution is 0.0695. The quantitative estimate of drug-likeness (QED) is 0.872. The first-order chi connectivity index (χ1) is 9.56. The minimum Gasteiger partial charge on any atom is -0.478 e. The molecule has 0 spiro atoms. The maximum absolute atomic E-state index is 11.3. The number of unbranched alkanes of at least 4 members (excludes halogenated alkanes) is 1. The summed E-state index contributed by atoms with van der Waals surface area (Å²) in [7, 11) is 0. The van der Waals surface area contributed by atoms with Crippen LogP contribution in [0.1, 0.15) is 46.0 Å². The first-order valence-corrected chi connectivity index (χ1v) is 6.57. The molecule has 0 radical (unpaired) electrons. The van der Waals surface area contributed by atoms with Crippen LogP contribution >= 0.6 is 0 Å². The molecule has 2 rings (SSSR count). The largest absolute Gasteiger partial charge is 0.478 e. The number of carboxylic acids is 2. The molecule has 0 aromatic heterocycles. The number of aryl methyl sites for hydroxylation is 1. The van der Waals surface area contributed by atoms with Crippen molar-refractivity contribution < 1.29 is 19.8 Å². The molecule has 2 aromatic carbocycles. The predicted molar refractivity (Wildman–Crippen MR) is 76.5 cm³/mol. The van der Waals surface area contributed by atoms with Crippen molar-refractivity contribution in [2.24, 2.45) is 0 Å². The van der Waals surface area contributed by atoms with E-state index in [4.69, 9.17) is 0 Å². The van der Waals surface area contributed by atoms with E-state index in [9.17, 15) is 19.8 Å². The minimum atomic E-state index is -1.11. The molecule has 0 heterocycles. The SMILES string of the molecule is CCCCc1ccc(C(=O)O)c2c(C(=O)O)cccc12. The summed E-state index contributed by atoms with van der Waals surface area (Å²) in [5.74, 6) is -2.21. The van der Waals surface area contributed by atoms with Crippen molar-refractivity contribution in [1.82, 2.24) is 0 Å². The standard InChI is InChI=1S/C16H16O4/c1-2-3-5-10-8-9-13(16(19)20)14-11(10)6-4-7-12(14)15(17)18/h4,6-9H,2-3,5H2,1H3,(H,17,18)(H,19,20). The van der Waals surface area contributed by atoms with Gasteiger partial charge in [-0.05, 0) is 35.9 Å². The monoisotopic (exact) mass is 272 g/mol. The number of carboxylic acid groups (broad SMARTS) is 2. The molecular weight excluding hydrogens is 256 g/mol. The highest BCUT2D eigenvalue weighted by Crippen LogP contribution is 2.27. The molecule has 104 valence electrons. The molecule has 4 nitrogen and oxygen atoms in total. The fourth-order valence-corrected chi connectivity index (χ4v) is 2.41. The van der Waals surface area contributed by atoms with E-state index in [0.29, 0.717) is 5.39 Å². The van der Waals surface area contributed by atoms with Gasteiger partial charge in [0.1, 0.15) is 0 Å². The first kappa shape index (κ1) is 14.1. The smallest absolute Gasteiger partial charge is 0.336 e. The van der Waals surface area contributed by atoms with Crippen LogP contribution in [0, 0.1) is 0 Å². The lowest BCUT2D eigenvalue weighted by Gasteiger charge is -2.11. The molecule has 20 heavy (non-hydrogen) atoms. The molecule has 0 saturated heterocycles. The van der Waals surface area contributed by atoms with Crippen molar-refractivity contribution in [1.29, 1.82) is 0 Å². The molecular formula is C16H16O4. The molecule has 0 fully saturated rings. The Morgan fingerprint density at radius 2 is 1.65 bits per heavy atom. The van der Waals surface area contributed by atoms with Crippen molar-refractivity contribution in [3.05, 3.63) is 47.0 Å². The molecule has 4 heteroatoms. The van der Waals surface area contributed by atoms with Gasteiger partial charge in [-0.2, -0.15) is 0 Å². The second kappa shape index (κ2) is 5.74. The number of aromatic carboxylic acids is 2.